The normalized spacial score (nSPS) is 23.1. The maximum Gasteiger partial charge on any atom is 0.226 e. The molecule has 3 unspecified atom stereocenters. The van der Waals surface area contributed by atoms with Crippen LogP contribution in [0.1, 0.15) is 42.4 Å². The number of nitrogens with zero attached hydrogens (tertiary/aromatic N) is 1. The molecule has 1 amide bonds. The number of carbonyl (C=O) groups is 1. The molecule has 0 aliphatic heterocycles. The van der Waals surface area contributed by atoms with Crippen molar-refractivity contribution in [3.63, 3.8) is 0 Å². The minimum Gasteiger partial charge on any atom is -0.387 e. The van der Waals surface area contributed by atoms with Crippen molar-refractivity contribution < 1.29 is 14.3 Å². The molecule has 3 atom stereocenters. The van der Waals surface area contributed by atoms with E-state index in [0.717, 1.165) is 19.3 Å². The standard InChI is InChI=1S/C21H22FNO2/c22-16-8-6-15(7-9-16)20(24)13-23(17-10-11-17)21(25)19-12-18(19)14-4-2-1-3-5-14/h1-9,17-20,24H,10-13H2. The van der Waals surface area contributed by atoms with Crippen LogP contribution in [0, 0.1) is 11.7 Å². The van der Waals surface area contributed by atoms with Gasteiger partial charge in [0.1, 0.15) is 5.82 Å². The van der Waals surface area contributed by atoms with Crippen LogP contribution in [0.25, 0.3) is 0 Å². The highest BCUT2D eigenvalue weighted by Crippen LogP contribution is 2.49. The summed E-state index contributed by atoms with van der Waals surface area (Å²) in [6, 6.07) is 16.2. The summed E-state index contributed by atoms with van der Waals surface area (Å²) in [4.78, 5) is 14.8. The lowest BCUT2D eigenvalue weighted by atomic mass is 10.1. The van der Waals surface area contributed by atoms with Gasteiger partial charge < -0.3 is 10.0 Å². The van der Waals surface area contributed by atoms with E-state index in [4.69, 9.17) is 0 Å². The molecular weight excluding hydrogens is 317 g/mol. The molecule has 3 nitrogen and oxygen atoms in total. The molecule has 4 heteroatoms. The number of aliphatic hydroxyl groups excluding tert-OH is 1. The number of aliphatic hydroxyl groups is 1. The smallest absolute Gasteiger partial charge is 0.226 e. The molecule has 2 aromatic rings. The highest BCUT2D eigenvalue weighted by Gasteiger charge is 2.48. The highest BCUT2D eigenvalue weighted by atomic mass is 19.1. The van der Waals surface area contributed by atoms with E-state index in [1.807, 2.05) is 23.1 Å². The zero-order valence-corrected chi connectivity index (χ0v) is 14.0. The van der Waals surface area contributed by atoms with Gasteiger partial charge in [-0.25, -0.2) is 4.39 Å². The monoisotopic (exact) mass is 339 g/mol. The third-order valence-electron chi connectivity index (χ3n) is 5.23. The van der Waals surface area contributed by atoms with E-state index in [9.17, 15) is 14.3 Å². The molecular formula is C21H22FNO2. The fourth-order valence-corrected chi connectivity index (χ4v) is 3.53. The maximum atomic E-state index is 13.1. The maximum absolute atomic E-state index is 13.1. The van der Waals surface area contributed by atoms with E-state index in [0.29, 0.717) is 11.5 Å². The van der Waals surface area contributed by atoms with E-state index < -0.39 is 6.10 Å². The molecule has 2 fully saturated rings. The largest absolute Gasteiger partial charge is 0.387 e. The van der Waals surface area contributed by atoms with Crippen molar-refractivity contribution in [1.29, 1.82) is 0 Å². The second-order valence-corrected chi connectivity index (χ2v) is 7.15. The minimum absolute atomic E-state index is 0.0309. The number of amides is 1. The summed E-state index contributed by atoms with van der Waals surface area (Å²) >= 11 is 0. The number of carbonyl (C=O) groups excluding carboxylic acids is 1. The average molecular weight is 339 g/mol. The summed E-state index contributed by atoms with van der Waals surface area (Å²) in [5, 5.41) is 10.5. The Morgan fingerprint density at radius 1 is 1.12 bits per heavy atom. The van der Waals surface area contributed by atoms with Gasteiger partial charge in [-0.1, -0.05) is 42.5 Å². The van der Waals surface area contributed by atoms with Crippen molar-refractivity contribution in [2.24, 2.45) is 5.92 Å². The minimum atomic E-state index is -0.779. The summed E-state index contributed by atoms with van der Waals surface area (Å²) < 4.78 is 13.1. The van der Waals surface area contributed by atoms with Crippen LogP contribution in [0.2, 0.25) is 0 Å². The van der Waals surface area contributed by atoms with Crippen molar-refractivity contribution in [2.75, 3.05) is 6.54 Å². The summed E-state index contributed by atoms with van der Waals surface area (Å²) in [6.45, 7) is 0.285. The number of hydrogen-bond acceptors (Lipinski definition) is 2. The molecule has 1 N–H and O–H groups in total. The molecule has 0 spiro atoms. The first-order chi connectivity index (χ1) is 12.1. The fourth-order valence-electron chi connectivity index (χ4n) is 3.53. The molecule has 0 bridgehead atoms. The number of hydrogen-bond donors (Lipinski definition) is 1. The van der Waals surface area contributed by atoms with Gasteiger partial charge in [-0.15, -0.1) is 0 Å². The molecule has 2 saturated carbocycles. The van der Waals surface area contributed by atoms with Crippen LogP contribution in [0.4, 0.5) is 4.39 Å². The third-order valence-corrected chi connectivity index (χ3v) is 5.23. The molecule has 0 heterocycles. The molecule has 0 radical (unpaired) electrons. The Bertz CT molecular complexity index is 742. The first kappa shape index (κ1) is 16.3. The van der Waals surface area contributed by atoms with E-state index in [-0.39, 0.29) is 30.2 Å². The number of rotatable bonds is 6. The van der Waals surface area contributed by atoms with Crippen LogP contribution >= 0.6 is 0 Å². The molecule has 130 valence electrons. The predicted octanol–water partition coefficient (Wildman–Crippen LogP) is 3.65. The molecule has 2 aliphatic rings. The number of benzene rings is 2. The van der Waals surface area contributed by atoms with Gasteiger partial charge in [-0.2, -0.15) is 0 Å². The van der Waals surface area contributed by atoms with Gasteiger partial charge in [-0.3, -0.25) is 4.79 Å². The second-order valence-electron chi connectivity index (χ2n) is 7.15. The Balaban J connectivity index is 1.43. The SMILES string of the molecule is O=C(C1CC1c1ccccc1)N(CC(O)c1ccc(F)cc1)C1CC1. The Kier molecular flexibility index (Phi) is 4.30. The first-order valence-corrected chi connectivity index (χ1v) is 8.92. The van der Waals surface area contributed by atoms with Crippen molar-refractivity contribution in [3.05, 3.63) is 71.5 Å². The Morgan fingerprint density at radius 3 is 2.44 bits per heavy atom. The summed E-state index contributed by atoms with van der Waals surface area (Å²) in [5.74, 6) is 0.161. The van der Waals surface area contributed by atoms with Gasteiger partial charge >= 0.3 is 0 Å². The Morgan fingerprint density at radius 2 is 1.80 bits per heavy atom. The van der Waals surface area contributed by atoms with Gasteiger partial charge in [0.15, 0.2) is 0 Å². The van der Waals surface area contributed by atoms with E-state index >= 15 is 0 Å². The Labute approximate surface area is 147 Å². The molecule has 0 saturated heterocycles. The summed E-state index contributed by atoms with van der Waals surface area (Å²) in [6.07, 6.45) is 2.12. The van der Waals surface area contributed by atoms with Crippen molar-refractivity contribution in [1.82, 2.24) is 4.90 Å². The van der Waals surface area contributed by atoms with Crippen LogP contribution in [0.3, 0.4) is 0 Å². The van der Waals surface area contributed by atoms with Crippen molar-refractivity contribution in [2.45, 2.75) is 37.3 Å². The van der Waals surface area contributed by atoms with Crippen LogP contribution in [0.15, 0.2) is 54.6 Å². The molecule has 0 aromatic heterocycles. The van der Waals surface area contributed by atoms with Crippen LogP contribution in [0.5, 0.6) is 0 Å². The lowest BCUT2D eigenvalue weighted by Crippen LogP contribution is -2.38. The van der Waals surface area contributed by atoms with Gasteiger partial charge in [0.2, 0.25) is 5.91 Å². The highest BCUT2D eigenvalue weighted by molar-refractivity contribution is 5.83. The predicted molar refractivity (Wildman–Crippen MR) is 93.4 cm³/mol. The van der Waals surface area contributed by atoms with Crippen LogP contribution < -0.4 is 0 Å². The van der Waals surface area contributed by atoms with Crippen molar-refractivity contribution in [3.8, 4) is 0 Å². The van der Waals surface area contributed by atoms with Gasteiger partial charge in [-0.05, 0) is 48.4 Å². The van der Waals surface area contributed by atoms with Gasteiger partial charge in [0.25, 0.3) is 0 Å². The van der Waals surface area contributed by atoms with Gasteiger partial charge in [0, 0.05) is 12.0 Å². The van der Waals surface area contributed by atoms with Gasteiger partial charge in [0.05, 0.1) is 12.6 Å². The lowest BCUT2D eigenvalue weighted by molar-refractivity contribution is -0.134. The summed E-state index contributed by atoms with van der Waals surface area (Å²) in [5.41, 5.74) is 1.87. The zero-order chi connectivity index (χ0) is 17.4. The Hall–Kier alpha value is -2.20. The van der Waals surface area contributed by atoms with Crippen LogP contribution in [-0.4, -0.2) is 28.5 Å². The van der Waals surface area contributed by atoms with E-state index in [1.54, 1.807) is 12.1 Å². The lowest BCUT2D eigenvalue weighted by Gasteiger charge is -2.26. The van der Waals surface area contributed by atoms with E-state index in [2.05, 4.69) is 12.1 Å². The molecule has 2 aromatic carbocycles. The quantitative estimate of drug-likeness (QED) is 0.873. The molecule has 25 heavy (non-hydrogen) atoms. The van der Waals surface area contributed by atoms with Crippen LogP contribution in [-0.2, 0) is 4.79 Å². The number of halogens is 1. The molecule has 4 rings (SSSR count). The first-order valence-electron chi connectivity index (χ1n) is 8.92. The van der Waals surface area contributed by atoms with Crippen molar-refractivity contribution >= 4 is 5.91 Å². The summed E-state index contributed by atoms with van der Waals surface area (Å²) in [7, 11) is 0. The molecule has 2 aliphatic carbocycles. The zero-order valence-electron chi connectivity index (χ0n) is 14.0. The fraction of sp³-hybridized carbons (Fsp3) is 0.381. The second kappa shape index (κ2) is 6.60. The third kappa shape index (κ3) is 3.59. The average Bonchev–Trinajstić information content (AvgIpc) is 3.54. The van der Waals surface area contributed by atoms with E-state index in [1.165, 1.54) is 17.7 Å². The topological polar surface area (TPSA) is 40.5 Å².